The number of carbonyl (C=O) groups is 1. The average Bonchev–Trinajstić information content (AvgIpc) is 3.15. The molecule has 0 atom stereocenters. The minimum absolute atomic E-state index is 0. The van der Waals surface area contributed by atoms with Crippen LogP contribution in [0.3, 0.4) is 0 Å². The molecule has 0 saturated heterocycles. The fourth-order valence-electron chi connectivity index (χ4n) is 1.47. The quantitative estimate of drug-likeness (QED) is 0.231. The first kappa shape index (κ1) is 24.2. The molecule has 2 aromatic rings. The van der Waals surface area contributed by atoms with E-state index in [9.17, 15) is 4.79 Å². The van der Waals surface area contributed by atoms with Gasteiger partial charge in [0.25, 0.3) is 6.47 Å². The number of aryl methyl sites for hydroxylation is 1. The van der Waals surface area contributed by atoms with Crippen molar-refractivity contribution in [2.75, 3.05) is 5.88 Å². The molecule has 0 spiro atoms. The zero-order valence-electron chi connectivity index (χ0n) is 14.1. The molecule has 23 heavy (non-hydrogen) atoms. The summed E-state index contributed by atoms with van der Waals surface area (Å²) in [5, 5.41) is 0. The Bertz CT molecular complexity index is 413. The van der Waals surface area contributed by atoms with Crippen molar-refractivity contribution in [3.8, 4) is 0 Å². The summed E-state index contributed by atoms with van der Waals surface area (Å²) in [4.78, 5) is 9.60. The molecule has 136 valence electrons. The number of alkyl halides is 1. The van der Waals surface area contributed by atoms with E-state index < -0.39 is 0 Å². The molecule has 0 N–H and O–H groups in total. The molecule has 0 saturated carbocycles. The maximum Gasteiger partial charge on any atom is 0.293 e. The van der Waals surface area contributed by atoms with Crippen molar-refractivity contribution >= 4 is 18.1 Å². The normalized spacial score (nSPS) is 9.39. The van der Waals surface area contributed by atoms with Crippen molar-refractivity contribution in [2.24, 2.45) is 0 Å². The molecule has 0 heterocycles. The third-order valence-corrected chi connectivity index (χ3v) is 2.81. The fraction of sp³-hybridized carbons (Fsp3) is 0.421. The van der Waals surface area contributed by atoms with Crippen LogP contribution in [0.25, 0.3) is 0 Å². The summed E-state index contributed by atoms with van der Waals surface area (Å²) in [5.74, 6) is 0.792. The number of halogens is 1. The molecular formula is C19H27ClFeO2-6. The van der Waals surface area contributed by atoms with Gasteiger partial charge in [0, 0.05) is 22.9 Å². The standard InChI is InChI=1S/C9H12Cl.C5H10O2.C5H5.Fe/c10-8-4-3-7-9-5-1-2-6-9;1-5(2,3)7-4-6;1-2-4-5-3-1;/h1-2,5-6H,3-4,7-8H2;4H,1-3H3;1-5H;/q-1;;-5;. The maximum atomic E-state index is 9.60. The van der Waals surface area contributed by atoms with Crippen LogP contribution < -0.4 is 0 Å². The third-order valence-electron chi connectivity index (χ3n) is 2.54. The SMILES string of the molecule is CC(C)(C)OC=O.ClCCCC[c-]1cccc1.[Fe].[cH-]1[cH-][cH-][cH-][cH-]1. The van der Waals surface area contributed by atoms with Gasteiger partial charge in [0.05, 0.1) is 0 Å². The van der Waals surface area contributed by atoms with Crippen molar-refractivity contribution in [2.45, 2.75) is 45.6 Å². The van der Waals surface area contributed by atoms with Crippen LogP contribution in [0.4, 0.5) is 0 Å². The molecule has 0 aliphatic heterocycles. The van der Waals surface area contributed by atoms with Gasteiger partial charge in [-0.3, -0.25) is 4.79 Å². The van der Waals surface area contributed by atoms with Gasteiger partial charge < -0.3 is 35.1 Å². The van der Waals surface area contributed by atoms with Crippen LogP contribution in [0.5, 0.6) is 0 Å². The average molecular weight is 379 g/mol. The van der Waals surface area contributed by atoms with Gasteiger partial charge in [-0.25, -0.2) is 12.1 Å². The monoisotopic (exact) mass is 378 g/mol. The largest absolute Gasteiger partial charge is 0.748 e. The van der Waals surface area contributed by atoms with Crippen LogP contribution in [0, 0.1) is 0 Å². The van der Waals surface area contributed by atoms with Gasteiger partial charge in [-0.1, -0.05) is 12.8 Å². The molecule has 0 aliphatic rings. The topological polar surface area (TPSA) is 26.3 Å². The first-order valence-corrected chi connectivity index (χ1v) is 8.07. The van der Waals surface area contributed by atoms with E-state index in [1.54, 1.807) is 0 Å². The summed E-state index contributed by atoms with van der Waals surface area (Å²) in [6.07, 6.45) is 3.53. The molecule has 0 aromatic heterocycles. The van der Waals surface area contributed by atoms with E-state index in [2.05, 4.69) is 29.0 Å². The number of ether oxygens (including phenoxy) is 1. The predicted octanol–water partition coefficient (Wildman–Crippen LogP) is 5.33. The van der Waals surface area contributed by atoms with Gasteiger partial charge in [0.2, 0.25) is 0 Å². The Morgan fingerprint density at radius 2 is 1.52 bits per heavy atom. The van der Waals surface area contributed by atoms with Crippen molar-refractivity contribution < 1.29 is 26.6 Å². The minimum atomic E-state index is -0.318. The Hall–Kier alpha value is -1.02. The zero-order valence-corrected chi connectivity index (χ0v) is 16.0. The van der Waals surface area contributed by atoms with Gasteiger partial charge in [-0.15, -0.1) is 11.6 Å². The Morgan fingerprint density at radius 1 is 1.04 bits per heavy atom. The van der Waals surface area contributed by atoms with Gasteiger partial charge in [-0.2, -0.15) is 17.7 Å². The van der Waals surface area contributed by atoms with Crippen LogP contribution in [0.15, 0.2) is 54.6 Å². The maximum absolute atomic E-state index is 9.60. The van der Waals surface area contributed by atoms with Crippen LogP contribution in [0.2, 0.25) is 0 Å². The van der Waals surface area contributed by atoms with E-state index in [4.69, 9.17) is 11.6 Å². The molecule has 0 aliphatic carbocycles. The summed E-state index contributed by atoms with van der Waals surface area (Å²) in [7, 11) is 0. The molecule has 0 unspecified atom stereocenters. The van der Waals surface area contributed by atoms with E-state index in [0.717, 1.165) is 12.3 Å². The number of hydrogen-bond donors (Lipinski definition) is 0. The zero-order chi connectivity index (χ0) is 16.7. The first-order valence-electron chi connectivity index (χ1n) is 7.54. The summed E-state index contributed by atoms with van der Waals surface area (Å²) < 4.78 is 4.55. The second kappa shape index (κ2) is 15.9. The summed E-state index contributed by atoms with van der Waals surface area (Å²) in [5.41, 5.74) is 1.12. The summed E-state index contributed by atoms with van der Waals surface area (Å²) in [6.45, 7) is 5.92. The molecule has 0 radical (unpaired) electrons. The second-order valence-corrected chi connectivity index (χ2v) is 6.11. The minimum Gasteiger partial charge on any atom is -0.748 e. The van der Waals surface area contributed by atoms with Gasteiger partial charge in [0.15, 0.2) is 0 Å². The Morgan fingerprint density at radius 3 is 1.83 bits per heavy atom. The van der Waals surface area contributed by atoms with Crippen molar-refractivity contribution in [3.63, 3.8) is 0 Å². The van der Waals surface area contributed by atoms with Crippen molar-refractivity contribution in [1.82, 2.24) is 0 Å². The Kier molecular flexibility index (Phi) is 16.7. The van der Waals surface area contributed by atoms with Gasteiger partial charge in [0.1, 0.15) is 5.60 Å². The van der Waals surface area contributed by atoms with Crippen LogP contribution in [-0.4, -0.2) is 18.0 Å². The summed E-state index contributed by atoms with van der Waals surface area (Å²) >= 11 is 5.54. The van der Waals surface area contributed by atoms with E-state index in [1.165, 1.54) is 18.4 Å². The first-order chi connectivity index (χ1) is 10.5. The smallest absolute Gasteiger partial charge is 0.293 e. The molecule has 0 fully saturated rings. The van der Waals surface area contributed by atoms with Crippen molar-refractivity contribution in [3.05, 3.63) is 60.2 Å². The molecule has 2 aromatic carbocycles. The van der Waals surface area contributed by atoms with Crippen LogP contribution in [-0.2, 0) is 33.0 Å². The summed E-state index contributed by atoms with van der Waals surface area (Å²) in [6, 6.07) is 18.5. The number of rotatable bonds is 5. The molecule has 2 nitrogen and oxygen atoms in total. The van der Waals surface area contributed by atoms with Crippen LogP contribution in [0.1, 0.15) is 39.2 Å². The second-order valence-electron chi connectivity index (χ2n) is 5.73. The predicted molar refractivity (Wildman–Crippen MR) is 94.6 cm³/mol. The Labute approximate surface area is 156 Å². The third kappa shape index (κ3) is 18.9. The van der Waals surface area contributed by atoms with E-state index >= 15 is 0 Å². The van der Waals surface area contributed by atoms with E-state index in [-0.39, 0.29) is 22.7 Å². The van der Waals surface area contributed by atoms with E-state index in [0.29, 0.717) is 6.47 Å². The number of carbonyl (C=O) groups excluding carboxylic acids is 1. The molecule has 0 amide bonds. The van der Waals surface area contributed by atoms with Crippen molar-refractivity contribution in [1.29, 1.82) is 0 Å². The van der Waals surface area contributed by atoms with Gasteiger partial charge in [-0.05, 0) is 27.2 Å². The molecule has 4 heteroatoms. The van der Waals surface area contributed by atoms with E-state index in [1.807, 2.05) is 51.1 Å². The fourth-order valence-corrected chi connectivity index (χ4v) is 1.66. The molecule has 2 rings (SSSR count). The van der Waals surface area contributed by atoms with Gasteiger partial charge >= 0.3 is 0 Å². The molecule has 0 bridgehead atoms. The molecular weight excluding hydrogens is 352 g/mol. The number of hydrogen-bond acceptors (Lipinski definition) is 2. The van der Waals surface area contributed by atoms with Crippen LogP contribution >= 0.6 is 11.6 Å². The number of unbranched alkanes of at least 4 members (excludes halogenated alkanes) is 1. The Balaban J connectivity index is 0.